The standard InChI is InChI=1S/C11H21NO4S/c1-8(2)17(13,14)12-9-3-4-10-11(7-9)16-6-5-15-10/h8-12H,3-7H2,1-2H3. The Morgan fingerprint density at radius 3 is 2.41 bits per heavy atom. The molecule has 2 aliphatic rings. The van der Waals surface area contributed by atoms with Gasteiger partial charge in [-0.15, -0.1) is 0 Å². The summed E-state index contributed by atoms with van der Waals surface area (Å²) < 4.78 is 37.5. The van der Waals surface area contributed by atoms with Gasteiger partial charge in [0.25, 0.3) is 0 Å². The third-order valence-electron chi connectivity index (χ3n) is 3.43. The van der Waals surface area contributed by atoms with Crippen LogP contribution in [0.3, 0.4) is 0 Å². The summed E-state index contributed by atoms with van der Waals surface area (Å²) in [6.45, 7) is 4.65. The molecule has 0 aromatic carbocycles. The Labute approximate surface area is 103 Å². The maximum Gasteiger partial charge on any atom is 0.214 e. The Hall–Kier alpha value is -0.170. The third-order valence-corrected chi connectivity index (χ3v) is 5.33. The van der Waals surface area contributed by atoms with Crippen molar-refractivity contribution >= 4 is 10.0 Å². The van der Waals surface area contributed by atoms with Crippen molar-refractivity contribution in [3.8, 4) is 0 Å². The summed E-state index contributed by atoms with van der Waals surface area (Å²) in [5.74, 6) is 0. The average Bonchev–Trinajstić information content (AvgIpc) is 2.28. The third kappa shape index (κ3) is 3.19. The molecule has 2 rings (SSSR count). The quantitative estimate of drug-likeness (QED) is 0.812. The van der Waals surface area contributed by atoms with Crippen molar-refractivity contribution in [3.63, 3.8) is 0 Å². The van der Waals surface area contributed by atoms with Crippen LogP contribution in [0.1, 0.15) is 33.1 Å². The zero-order chi connectivity index (χ0) is 12.5. The lowest BCUT2D eigenvalue weighted by atomic mass is 9.90. The molecule has 0 aromatic rings. The van der Waals surface area contributed by atoms with Crippen molar-refractivity contribution < 1.29 is 17.9 Å². The zero-order valence-electron chi connectivity index (χ0n) is 10.4. The van der Waals surface area contributed by atoms with E-state index in [1.807, 2.05) is 0 Å². The first-order valence-corrected chi connectivity index (χ1v) is 7.78. The van der Waals surface area contributed by atoms with Crippen LogP contribution in [-0.4, -0.2) is 45.1 Å². The lowest BCUT2D eigenvalue weighted by molar-refractivity contribution is -0.156. The molecule has 1 saturated carbocycles. The topological polar surface area (TPSA) is 64.6 Å². The molecule has 0 spiro atoms. The highest BCUT2D eigenvalue weighted by molar-refractivity contribution is 7.90. The van der Waals surface area contributed by atoms with Gasteiger partial charge in [0.1, 0.15) is 0 Å². The van der Waals surface area contributed by atoms with E-state index in [0.29, 0.717) is 13.2 Å². The van der Waals surface area contributed by atoms with Gasteiger partial charge < -0.3 is 9.47 Å². The fourth-order valence-electron chi connectivity index (χ4n) is 2.34. The summed E-state index contributed by atoms with van der Waals surface area (Å²) in [5, 5.41) is -0.385. The summed E-state index contributed by atoms with van der Waals surface area (Å²) in [6, 6.07) is -0.00894. The van der Waals surface area contributed by atoms with E-state index in [0.717, 1.165) is 19.3 Å². The second kappa shape index (κ2) is 5.22. The number of fused-ring (bicyclic) bond motifs is 1. The van der Waals surface area contributed by atoms with E-state index in [1.165, 1.54) is 0 Å². The molecule has 3 atom stereocenters. The van der Waals surface area contributed by atoms with E-state index in [1.54, 1.807) is 13.8 Å². The Bertz CT molecular complexity index is 354. The summed E-state index contributed by atoms with van der Waals surface area (Å²) >= 11 is 0. The van der Waals surface area contributed by atoms with Crippen LogP contribution < -0.4 is 4.72 Å². The molecule has 1 N–H and O–H groups in total. The number of nitrogens with one attached hydrogen (secondary N) is 1. The van der Waals surface area contributed by atoms with E-state index < -0.39 is 10.0 Å². The van der Waals surface area contributed by atoms with Crippen LogP contribution in [0.15, 0.2) is 0 Å². The maximum absolute atomic E-state index is 11.8. The number of rotatable bonds is 3. The monoisotopic (exact) mass is 263 g/mol. The lowest BCUT2D eigenvalue weighted by Crippen LogP contribution is -2.50. The predicted octanol–water partition coefficient (Wildman–Crippen LogP) is 0.651. The molecule has 6 heteroatoms. The van der Waals surface area contributed by atoms with Crippen molar-refractivity contribution in [2.45, 2.75) is 56.6 Å². The van der Waals surface area contributed by atoms with E-state index >= 15 is 0 Å². The minimum atomic E-state index is -3.18. The van der Waals surface area contributed by atoms with Crippen LogP contribution in [0.25, 0.3) is 0 Å². The van der Waals surface area contributed by atoms with Gasteiger partial charge in [-0.1, -0.05) is 0 Å². The Morgan fingerprint density at radius 2 is 1.76 bits per heavy atom. The van der Waals surface area contributed by atoms with Gasteiger partial charge in [-0.2, -0.15) is 0 Å². The molecule has 0 aromatic heterocycles. The second-order valence-electron chi connectivity index (χ2n) is 5.04. The summed E-state index contributed by atoms with van der Waals surface area (Å²) in [4.78, 5) is 0. The average molecular weight is 263 g/mol. The molecule has 1 heterocycles. The van der Waals surface area contributed by atoms with Crippen molar-refractivity contribution in [1.82, 2.24) is 4.72 Å². The number of hydrogen-bond acceptors (Lipinski definition) is 4. The molecule has 1 saturated heterocycles. The number of sulfonamides is 1. The molecule has 100 valence electrons. The van der Waals surface area contributed by atoms with Gasteiger partial charge in [-0.25, -0.2) is 13.1 Å². The molecule has 1 aliphatic heterocycles. The molecule has 5 nitrogen and oxygen atoms in total. The Balaban J connectivity index is 1.92. The molecule has 2 fully saturated rings. The van der Waals surface area contributed by atoms with E-state index in [4.69, 9.17) is 9.47 Å². The van der Waals surface area contributed by atoms with Crippen molar-refractivity contribution in [2.24, 2.45) is 0 Å². The van der Waals surface area contributed by atoms with Gasteiger partial charge in [0.15, 0.2) is 0 Å². The smallest absolute Gasteiger partial charge is 0.214 e. The molecule has 0 radical (unpaired) electrons. The highest BCUT2D eigenvalue weighted by Gasteiger charge is 2.35. The summed E-state index contributed by atoms with van der Waals surface area (Å²) in [5.41, 5.74) is 0. The zero-order valence-corrected chi connectivity index (χ0v) is 11.2. The Morgan fingerprint density at radius 1 is 1.12 bits per heavy atom. The van der Waals surface area contributed by atoms with Crippen LogP contribution in [0.5, 0.6) is 0 Å². The number of hydrogen-bond donors (Lipinski definition) is 1. The normalized spacial score (nSPS) is 34.6. The van der Waals surface area contributed by atoms with Gasteiger partial charge in [-0.05, 0) is 33.1 Å². The van der Waals surface area contributed by atoms with Gasteiger partial charge in [0.05, 0.1) is 30.7 Å². The Kier molecular flexibility index (Phi) is 4.07. The van der Waals surface area contributed by atoms with Crippen molar-refractivity contribution in [1.29, 1.82) is 0 Å². The first kappa shape index (κ1) is 13.3. The van der Waals surface area contributed by atoms with Gasteiger partial charge >= 0.3 is 0 Å². The second-order valence-corrected chi connectivity index (χ2v) is 7.31. The van der Waals surface area contributed by atoms with Crippen LogP contribution in [0.2, 0.25) is 0 Å². The van der Waals surface area contributed by atoms with Gasteiger partial charge in [-0.3, -0.25) is 0 Å². The molecule has 1 aliphatic carbocycles. The maximum atomic E-state index is 11.8. The molecule has 0 amide bonds. The van der Waals surface area contributed by atoms with Crippen molar-refractivity contribution in [2.75, 3.05) is 13.2 Å². The van der Waals surface area contributed by atoms with Crippen LogP contribution in [-0.2, 0) is 19.5 Å². The minimum absolute atomic E-state index is 0.00894. The van der Waals surface area contributed by atoms with Gasteiger partial charge in [0, 0.05) is 6.04 Å². The largest absolute Gasteiger partial charge is 0.373 e. The fraction of sp³-hybridized carbons (Fsp3) is 1.00. The molecule has 0 bridgehead atoms. The minimum Gasteiger partial charge on any atom is -0.373 e. The van der Waals surface area contributed by atoms with E-state index in [2.05, 4.69) is 4.72 Å². The molecular formula is C11H21NO4S. The van der Waals surface area contributed by atoms with Gasteiger partial charge in [0.2, 0.25) is 10.0 Å². The van der Waals surface area contributed by atoms with Crippen LogP contribution in [0, 0.1) is 0 Å². The summed E-state index contributed by atoms with van der Waals surface area (Å²) in [7, 11) is -3.18. The van der Waals surface area contributed by atoms with E-state index in [9.17, 15) is 8.42 Å². The highest BCUT2D eigenvalue weighted by atomic mass is 32.2. The predicted molar refractivity (Wildman–Crippen MR) is 64.3 cm³/mol. The summed E-state index contributed by atoms with van der Waals surface area (Å²) in [6.07, 6.45) is 2.63. The van der Waals surface area contributed by atoms with Crippen molar-refractivity contribution in [3.05, 3.63) is 0 Å². The first-order valence-electron chi connectivity index (χ1n) is 6.23. The van der Waals surface area contributed by atoms with E-state index in [-0.39, 0.29) is 23.5 Å². The van der Waals surface area contributed by atoms with Crippen LogP contribution >= 0.6 is 0 Å². The molecule has 3 unspecified atom stereocenters. The first-order chi connectivity index (χ1) is 7.99. The molecule has 17 heavy (non-hydrogen) atoms. The fourth-order valence-corrected chi connectivity index (χ4v) is 3.29. The number of ether oxygens (including phenoxy) is 2. The lowest BCUT2D eigenvalue weighted by Gasteiger charge is -2.39. The van der Waals surface area contributed by atoms with Crippen LogP contribution in [0.4, 0.5) is 0 Å². The highest BCUT2D eigenvalue weighted by Crippen LogP contribution is 2.27. The SMILES string of the molecule is CC(C)S(=O)(=O)NC1CCC2OCCOC2C1. The molecular weight excluding hydrogens is 242 g/mol.